The van der Waals surface area contributed by atoms with Crippen molar-refractivity contribution >= 4 is 22.6 Å². The van der Waals surface area contributed by atoms with Gasteiger partial charge in [-0.1, -0.05) is 45.0 Å². The lowest BCUT2D eigenvalue weighted by atomic mass is 9.61. The third-order valence-electron chi connectivity index (χ3n) is 11.3. The minimum Gasteiger partial charge on any atom is -0.457 e. The summed E-state index contributed by atoms with van der Waals surface area (Å²) < 4.78 is 28.8. The Morgan fingerprint density at radius 1 is 1.10 bits per heavy atom. The van der Waals surface area contributed by atoms with Crippen molar-refractivity contribution in [2.75, 3.05) is 45.1 Å². The summed E-state index contributed by atoms with van der Waals surface area (Å²) >= 11 is 0. The number of rotatable bonds is 8. The highest BCUT2D eigenvalue weighted by Crippen LogP contribution is 2.49. The maximum absolute atomic E-state index is 15.7. The van der Waals surface area contributed by atoms with Gasteiger partial charge in [0.2, 0.25) is 0 Å². The quantitative estimate of drug-likeness (QED) is 0.161. The Morgan fingerprint density at radius 2 is 1.86 bits per heavy atom. The number of pyridine rings is 1. The van der Waals surface area contributed by atoms with Gasteiger partial charge in [0.1, 0.15) is 40.5 Å². The van der Waals surface area contributed by atoms with Crippen molar-refractivity contribution in [3.63, 3.8) is 0 Å². The number of para-hydroxylation sites is 1. The maximum atomic E-state index is 15.7. The molecule has 2 N–H and O–H groups in total. The zero-order valence-corrected chi connectivity index (χ0v) is 28.9. The van der Waals surface area contributed by atoms with Crippen LogP contribution in [0.2, 0.25) is 0 Å². The van der Waals surface area contributed by atoms with E-state index < -0.39 is 5.82 Å². The number of aromatic nitrogens is 3. The summed E-state index contributed by atoms with van der Waals surface area (Å²) in [5.41, 5.74) is 7.50. The van der Waals surface area contributed by atoms with E-state index in [1.165, 1.54) is 6.07 Å². The highest BCUT2D eigenvalue weighted by atomic mass is 19.1. The fraction of sp³-hybridized carbons (Fsp3) is 0.436. The largest absolute Gasteiger partial charge is 0.457 e. The van der Waals surface area contributed by atoms with Crippen molar-refractivity contribution in [3.05, 3.63) is 78.3 Å². The number of allylic oxidation sites excluding steroid dienone is 1. The van der Waals surface area contributed by atoms with Crippen LogP contribution in [0.5, 0.6) is 11.5 Å². The Labute approximate surface area is 292 Å². The highest BCUT2D eigenvalue weighted by molar-refractivity contribution is 6.00. The number of nitriles is 1. The Kier molecular flexibility index (Phi) is 9.09. The number of benzene rings is 2. The summed E-state index contributed by atoms with van der Waals surface area (Å²) in [5.74, 6) is 0.439. The second-order valence-electron chi connectivity index (χ2n) is 14.7. The van der Waals surface area contributed by atoms with Crippen molar-refractivity contribution < 1.29 is 18.7 Å². The normalized spacial score (nSPS) is 20.3. The molecule has 11 heteroatoms. The molecule has 4 aromatic rings. The van der Waals surface area contributed by atoms with Gasteiger partial charge in [0.15, 0.2) is 0 Å². The van der Waals surface area contributed by atoms with Crippen molar-refractivity contribution in [1.82, 2.24) is 24.6 Å². The van der Waals surface area contributed by atoms with Gasteiger partial charge < -0.3 is 20.1 Å². The van der Waals surface area contributed by atoms with Crippen molar-refractivity contribution in [1.29, 1.82) is 5.26 Å². The number of nitrogens with zero attached hydrogens (tertiary/aromatic N) is 6. The highest BCUT2D eigenvalue weighted by Gasteiger charge is 2.44. The molecule has 1 atom stereocenters. The summed E-state index contributed by atoms with van der Waals surface area (Å²) in [6, 6.07) is 18.2. The molecule has 3 saturated heterocycles. The van der Waals surface area contributed by atoms with Crippen LogP contribution in [-0.4, -0.2) is 75.9 Å². The van der Waals surface area contributed by atoms with Gasteiger partial charge in [-0.05, 0) is 79.9 Å². The van der Waals surface area contributed by atoms with Crippen LogP contribution in [0.1, 0.15) is 52.5 Å². The van der Waals surface area contributed by atoms with Gasteiger partial charge in [-0.3, -0.25) is 14.4 Å². The van der Waals surface area contributed by atoms with Gasteiger partial charge in [0, 0.05) is 30.9 Å². The van der Waals surface area contributed by atoms with Crippen LogP contribution in [0.3, 0.4) is 0 Å². The number of likely N-dealkylation sites (tertiary alicyclic amines) is 2. The lowest BCUT2D eigenvalue weighted by Crippen LogP contribution is -2.55. The molecule has 1 amide bonds. The number of halogens is 1. The Morgan fingerprint density at radius 3 is 2.54 bits per heavy atom. The lowest BCUT2D eigenvalue weighted by Gasteiger charge is -2.51. The second kappa shape index (κ2) is 13.5. The minimum atomic E-state index is -0.503. The number of amides is 1. The number of hydrogen-bond donors (Lipinski definition) is 1. The molecule has 0 radical (unpaired) electrons. The molecule has 3 fully saturated rings. The molecular weight excluding hydrogens is 633 g/mol. The van der Waals surface area contributed by atoms with E-state index in [9.17, 15) is 10.1 Å². The van der Waals surface area contributed by atoms with Crippen LogP contribution in [0, 0.1) is 28.0 Å². The second-order valence-corrected chi connectivity index (χ2v) is 14.7. The average Bonchev–Trinajstić information content (AvgIpc) is 3.48. The molecule has 0 bridgehead atoms. The minimum absolute atomic E-state index is 0.0551. The molecule has 0 unspecified atom stereocenters. The van der Waals surface area contributed by atoms with Gasteiger partial charge in [-0.2, -0.15) is 10.4 Å². The summed E-state index contributed by atoms with van der Waals surface area (Å²) in [4.78, 5) is 22.6. The number of piperidine rings is 2. The molecule has 3 aliphatic heterocycles. The third-order valence-corrected chi connectivity index (χ3v) is 11.3. The average molecular weight is 678 g/mol. The molecule has 10 nitrogen and oxygen atoms in total. The monoisotopic (exact) mass is 677 g/mol. The summed E-state index contributed by atoms with van der Waals surface area (Å²) in [6.45, 7) is 11.1. The number of fused-ring (bicyclic) bond motifs is 1. The van der Waals surface area contributed by atoms with Crippen LogP contribution in [0.4, 0.5) is 10.2 Å². The van der Waals surface area contributed by atoms with Crippen LogP contribution >= 0.6 is 0 Å². The first kappa shape index (κ1) is 33.7. The molecule has 0 saturated carbocycles. The fourth-order valence-electron chi connectivity index (χ4n) is 7.60. The van der Waals surface area contributed by atoms with Crippen molar-refractivity contribution in [2.24, 2.45) is 10.8 Å². The Bertz CT molecular complexity index is 1960. The molecule has 0 aliphatic carbocycles. The van der Waals surface area contributed by atoms with E-state index in [2.05, 4.69) is 36.7 Å². The predicted molar refractivity (Wildman–Crippen MR) is 190 cm³/mol. The number of carbonyl (C=O) groups excluding carboxylic acids is 1. The van der Waals surface area contributed by atoms with Gasteiger partial charge in [-0.15, -0.1) is 0 Å². The molecule has 7 rings (SSSR count). The van der Waals surface area contributed by atoms with Crippen LogP contribution in [-0.2, 0) is 9.53 Å². The molecule has 0 spiro atoms. The van der Waals surface area contributed by atoms with Crippen LogP contribution < -0.4 is 10.5 Å². The Balaban J connectivity index is 1.12. The number of hydrogen-bond acceptors (Lipinski definition) is 8. The van der Waals surface area contributed by atoms with E-state index in [0.717, 1.165) is 52.0 Å². The molecular formula is C39H44FN7O3. The van der Waals surface area contributed by atoms with Gasteiger partial charge in [0.25, 0.3) is 5.91 Å². The van der Waals surface area contributed by atoms with Gasteiger partial charge in [0.05, 0.1) is 36.2 Å². The first-order chi connectivity index (χ1) is 24.1. The molecule has 2 aromatic carbocycles. The number of nitrogen functional groups attached to an aromatic ring is 1. The lowest BCUT2D eigenvalue weighted by molar-refractivity contribution is -0.128. The van der Waals surface area contributed by atoms with Crippen molar-refractivity contribution in [3.8, 4) is 28.8 Å². The molecule has 2 aromatic heterocycles. The van der Waals surface area contributed by atoms with Crippen LogP contribution in [0.15, 0.2) is 72.4 Å². The maximum Gasteiger partial charge on any atom is 0.264 e. The van der Waals surface area contributed by atoms with Gasteiger partial charge >= 0.3 is 0 Å². The smallest absolute Gasteiger partial charge is 0.264 e. The molecule has 260 valence electrons. The van der Waals surface area contributed by atoms with E-state index in [1.54, 1.807) is 35.4 Å². The number of carbonyl (C=O) groups is 1. The van der Waals surface area contributed by atoms with Crippen LogP contribution in [0.25, 0.3) is 22.2 Å². The van der Waals surface area contributed by atoms with E-state index >= 15 is 4.39 Å². The Hall–Kier alpha value is -4.79. The number of nitrogens with two attached hydrogens (primary N) is 1. The van der Waals surface area contributed by atoms with E-state index in [0.29, 0.717) is 47.2 Å². The SMILES string of the molecule is CC(C)(/C=C(/C#N)C(=O)N1CCC[C@@H](n2nc(-c3ccc(Oc4ccccc4)cc3F)c3c(N)nccc32)C1)C1(C)CCN(C2COC2)CC1. The molecule has 3 aliphatic rings. The predicted octanol–water partition coefficient (Wildman–Crippen LogP) is 6.75. The zero-order valence-electron chi connectivity index (χ0n) is 28.9. The van der Waals surface area contributed by atoms with E-state index in [1.807, 2.05) is 35.0 Å². The van der Waals surface area contributed by atoms with Gasteiger partial charge in [-0.25, -0.2) is 9.37 Å². The number of ether oxygens (including phenoxy) is 2. The van der Waals surface area contributed by atoms with E-state index in [4.69, 9.17) is 20.3 Å². The molecule has 5 heterocycles. The molecule has 50 heavy (non-hydrogen) atoms. The van der Waals surface area contributed by atoms with Crippen molar-refractivity contribution in [2.45, 2.75) is 58.5 Å². The topological polar surface area (TPSA) is 123 Å². The fourth-order valence-corrected chi connectivity index (χ4v) is 7.60. The first-order valence-electron chi connectivity index (χ1n) is 17.5. The summed E-state index contributed by atoms with van der Waals surface area (Å²) in [5, 5.41) is 15.7. The zero-order chi connectivity index (χ0) is 35.0. The summed E-state index contributed by atoms with van der Waals surface area (Å²) in [7, 11) is 0. The standard InChI is InChI=1S/C39H44FN7O3/c1-38(2,39(3)14-18-45(19-15-39)28-24-49-25-28)21-26(22-41)37(48)46-17-7-8-27(23-46)47-33-13-16-43-36(42)34(33)35(44-47)31-12-11-30(20-32(31)40)50-29-9-5-4-6-10-29/h4-6,9-13,16,20-21,27-28H,7-8,14-15,17-19,23-25H2,1-3H3,(H2,42,43)/b26-21-/t27-/m1/s1. The summed E-state index contributed by atoms with van der Waals surface area (Å²) in [6.07, 6.45) is 6.98. The first-order valence-corrected chi connectivity index (χ1v) is 17.5. The number of anilines is 1. The third kappa shape index (κ3) is 6.34. The van der Waals surface area contributed by atoms with E-state index in [-0.39, 0.29) is 39.7 Å².